The van der Waals surface area contributed by atoms with Gasteiger partial charge in [-0.3, -0.25) is 9.10 Å². The maximum absolute atomic E-state index is 13.1. The molecule has 0 N–H and O–H groups in total. The minimum atomic E-state index is -3.76. The lowest BCUT2D eigenvalue weighted by atomic mass is 10.1. The number of carbonyl (C=O) groups is 1. The normalized spacial score (nSPS) is 14.4. The zero-order valence-corrected chi connectivity index (χ0v) is 16.6. The highest BCUT2D eigenvalue weighted by Gasteiger charge is 2.37. The van der Waals surface area contributed by atoms with E-state index in [1.165, 1.54) is 9.21 Å². The van der Waals surface area contributed by atoms with E-state index in [9.17, 15) is 13.2 Å². The first-order valence-corrected chi connectivity index (χ1v) is 10.7. The quantitative estimate of drug-likeness (QED) is 0.517. The second-order valence-corrected chi connectivity index (χ2v) is 8.96. The molecule has 0 saturated carbocycles. The molecule has 0 aliphatic carbocycles. The van der Waals surface area contributed by atoms with Gasteiger partial charge < -0.3 is 4.90 Å². The smallest absolute Gasteiger partial charge is 0.265 e. The molecule has 29 heavy (non-hydrogen) atoms. The molecular weight excluding hydrogens is 384 g/mol. The number of hydrogen-bond donors (Lipinski definition) is 0. The van der Waals surface area contributed by atoms with Gasteiger partial charge >= 0.3 is 0 Å². The van der Waals surface area contributed by atoms with Gasteiger partial charge in [0.15, 0.2) is 0 Å². The van der Waals surface area contributed by atoms with E-state index in [0.717, 1.165) is 21.8 Å². The average molecular weight is 402 g/mol. The van der Waals surface area contributed by atoms with Crippen LogP contribution in [0.1, 0.15) is 0 Å². The number of benzene rings is 4. The molecule has 0 aromatic heterocycles. The summed E-state index contributed by atoms with van der Waals surface area (Å²) in [5, 5.41) is 3.63. The summed E-state index contributed by atoms with van der Waals surface area (Å²) in [4.78, 5) is 14.8. The third kappa shape index (κ3) is 2.68. The van der Waals surface area contributed by atoms with Gasteiger partial charge in [0.2, 0.25) is 5.91 Å². The number of fused-ring (bicyclic) bond motifs is 1. The van der Waals surface area contributed by atoms with Crippen molar-refractivity contribution < 1.29 is 13.2 Å². The number of sulfonamides is 1. The van der Waals surface area contributed by atoms with Crippen molar-refractivity contribution in [3.63, 3.8) is 0 Å². The van der Waals surface area contributed by atoms with Crippen LogP contribution in [-0.2, 0) is 14.8 Å². The van der Waals surface area contributed by atoms with Gasteiger partial charge in [-0.05, 0) is 40.4 Å². The highest BCUT2D eigenvalue weighted by molar-refractivity contribution is 7.93. The minimum Gasteiger partial charge on any atom is -0.314 e. The maximum Gasteiger partial charge on any atom is 0.265 e. The molecule has 6 heteroatoms. The number of likely N-dealkylation sites (N-methyl/N-ethyl adjacent to an activating group) is 1. The summed E-state index contributed by atoms with van der Waals surface area (Å²) in [5.41, 5.74) is 1.28. The van der Waals surface area contributed by atoms with Crippen LogP contribution in [0.3, 0.4) is 0 Å². The van der Waals surface area contributed by atoms with E-state index in [-0.39, 0.29) is 17.3 Å². The molecule has 4 aromatic rings. The van der Waals surface area contributed by atoms with Crippen molar-refractivity contribution in [3.05, 3.63) is 78.9 Å². The first kappa shape index (κ1) is 17.7. The Balaban J connectivity index is 1.50. The third-order valence-corrected chi connectivity index (χ3v) is 7.26. The monoisotopic (exact) mass is 402 g/mol. The van der Waals surface area contributed by atoms with Gasteiger partial charge in [-0.2, -0.15) is 0 Å². The Labute approximate surface area is 168 Å². The number of hydrogen-bond acceptors (Lipinski definition) is 3. The molecule has 0 spiro atoms. The molecule has 0 unspecified atom stereocenters. The largest absolute Gasteiger partial charge is 0.314 e. The number of anilines is 2. The topological polar surface area (TPSA) is 57.7 Å². The van der Waals surface area contributed by atoms with Crippen LogP contribution in [0, 0.1) is 0 Å². The van der Waals surface area contributed by atoms with Crippen molar-refractivity contribution in [2.75, 3.05) is 22.8 Å². The first-order valence-electron chi connectivity index (χ1n) is 9.27. The van der Waals surface area contributed by atoms with Crippen LogP contribution in [0.2, 0.25) is 0 Å². The van der Waals surface area contributed by atoms with E-state index < -0.39 is 10.0 Å². The summed E-state index contributed by atoms with van der Waals surface area (Å²) in [7, 11) is -2.09. The van der Waals surface area contributed by atoms with Gasteiger partial charge in [0, 0.05) is 18.1 Å². The van der Waals surface area contributed by atoms with Gasteiger partial charge in [0.05, 0.1) is 10.6 Å². The van der Waals surface area contributed by atoms with Crippen LogP contribution in [0.4, 0.5) is 11.4 Å². The van der Waals surface area contributed by atoms with Crippen molar-refractivity contribution >= 4 is 48.9 Å². The van der Waals surface area contributed by atoms with Crippen LogP contribution in [0.25, 0.3) is 21.5 Å². The average Bonchev–Trinajstić information content (AvgIpc) is 2.96. The molecule has 0 saturated heterocycles. The Hall–Kier alpha value is -3.38. The highest BCUT2D eigenvalue weighted by Crippen LogP contribution is 2.41. The molecule has 1 aliphatic heterocycles. The van der Waals surface area contributed by atoms with Gasteiger partial charge in [-0.15, -0.1) is 0 Å². The summed E-state index contributed by atoms with van der Waals surface area (Å²) < 4.78 is 27.4. The van der Waals surface area contributed by atoms with E-state index in [1.807, 2.05) is 60.7 Å². The Morgan fingerprint density at radius 2 is 1.55 bits per heavy atom. The van der Waals surface area contributed by atoms with Crippen LogP contribution in [0.5, 0.6) is 0 Å². The van der Waals surface area contributed by atoms with Crippen molar-refractivity contribution in [2.24, 2.45) is 0 Å². The highest BCUT2D eigenvalue weighted by atomic mass is 32.2. The Bertz CT molecular complexity index is 1390. The van der Waals surface area contributed by atoms with E-state index in [2.05, 4.69) is 0 Å². The second-order valence-electron chi connectivity index (χ2n) is 7.13. The van der Waals surface area contributed by atoms with Gasteiger partial charge in [-0.25, -0.2) is 8.42 Å². The predicted molar refractivity (Wildman–Crippen MR) is 116 cm³/mol. The van der Waals surface area contributed by atoms with Crippen LogP contribution in [0.15, 0.2) is 83.8 Å². The summed E-state index contributed by atoms with van der Waals surface area (Å²) in [6.45, 7) is -0.251. The standard InChI is InChI=1S/C23H18N2O3S/c1-24(19-13-12-16-6-2-3-7-18(16)14-19)22(26)15-25-20-10-4-8-17-9-5-11-21(23(17)20)29(25,27)28/h2-14H,15H2,1H3. The molecule has 1 heterocycles. The SMILES string of the molecule is CN(C(=O)CN1c2cccc3cccc(c23)S1(=O)=O)c1ccc2ccccc2c1. The number of carbonyl (C=O) groups excluding carboxylic acids is 1. The lowest BCUT2D eigenvalue weighted by Crippen LogP contribution is -2.40. The van der Waals surface area contributed by atoms with Crippen molar-refractivity contribution in [2.45, 2.75) is 4.90 Å². The Morgan fingerprint density at radius 1 is 0.862 bits per heavy atom. The fourth-order valence-corrected chi connectivity index (χ4v) is 5.55. The minimum absolute atomic E-state index is 0.251. The number of rotatable bonds is 3. The Morgan fingerprint density at radius 3 is 2.34 bits per heavy atom. The van der Waals surface area contributed by atoms with E-state index in [4.69, 9.17) is 0 Å². The molecule has 144 valence electrons. The van der Waals surface area contributed by atoms with Crippen LogP contribution >= 0.6 is 0 Å². The predicted octanol–water partition coefficient (Wildman–Crippen LogP) is 4.16. The second kappa shape index (κ2) is 6.32. The fraction of sp³-hybridized carbons (Fsp3) is 0.0870. The molecule has 1 amide bonds. The lowest BCUT2D eigenvalue weighted by molar-refractivity contribution is -0.116. The fourth-order valence-electron chi connectivity index (χ4n) is 3.89. The van der Waals surface area contributed by atoms with Gasteiger partial charge in [0.1, 0.15) is 6.54 Å². The molecule has 0 atom stereocenters. The molecule has 5 nitrogen and oxygen atoms in total. The Kier molecular flexibility index (Phi) is 3.86. The van der Waals surface area contributed by atoms with Gasteiger partial charge in [0.25, 0.3) is 10.0 Å². The molecular formula is C23H18N2O3S. The third-order valence-electron chi connectivity index (χ3n) is 5.45. The number of nitrogens with zero attached hydrogens (tertiary/aromatic N) is 2. The van der Waals surface area contributed by atoms with Crippen molar-refractivity contribution in [1.82, 2.24) is 0 Å². The first-order chi connectivity index (χ1) is 14.0. The summed E-state index contributed by atoms with van der Waals surface area (Å²) in [6, 6.07) is 24.3. The molecule has 5 rings (SSSR count). The van der Waals surface area contributed by atoms with Crippen molar-refractivity contribution in [3.8, 4) is 0 Å². The summed E-state index contributed by atoms with van der Waals surface area (Å²) in [5.74, 6) is -0.298. The molecule has 4 aromatic carbocycles. The number of amides is 1. The molecule has 0 bridgehead atoms. The maximum atomic E-state index is 13.1. The van der Waals surface area contributed by atoms with Crippen LogP contribution < -0.4 is 9.21 Å². The lowest BCUT2D eigenvalue weighted by Gasteiger charge is -2.23. The zero-order chi connectivity index (χ0) is 20.2. The van der Waals surface area contributed by atoms with E-state index >= 15 is 0 Å². The summed E-state index contributed by atoms with van der Waals surface area (Å²) in [6.07, 6.45) is 0. The van der Waals surface area contributed by atoms with E-state index in [1.54, 1.807) is 25.2 Å². The molecule has 0 fully saturated rings. The molecule has 1 aliphatic rings. The van der Waals surface area contributed by atoms with Crippen molar-refractivity contribution in [1.29, 1.82) is 0 Å². The zero-order valence-electron chi connectivity index (χ0n) is 15.7. The molecule has 0 radical (unpaired) electrons. The van der Waals surface area contributed by atoms with Crippen LogP contribution in [-0.4, -0.2) is 27.9 Å². The summed E-state index contributed by atoms with van der Waals surface area (Å²) >= 11 is 0. The van der Waals surface area contributed by atoms with Gasteiger partial charge in [-0.1, -0.05) is 54.6 Å². The van der Waals surface area contributed by atoms with E-state index in [0.29, 0.717) is 11.1 Å².